The van der Waals surface area contributed by atoms with Crippen molar-refractivity contribution >= 4 is 0 Å². The van der Waals surface area contributed by atoms with Crippen LogP contribution in [0.4, 0.5) is 0 Å². The first-order chi connectivity index (χ1) is 7.85. The highest BCUT2D eigenvalue weighted by Crippen LogP contribution is 2.22. The van der Waals surface area contributed by atoms with Gasteiger partial charge in [0.05, 0.1) is 0 Å². The number of unbranched alkanes of at least 4 members (excludes halogenated alkanes) is 5. The summed E-state index contributed by atoms with van der Waals surface area (Å²) in [5.74, 6) is 0.965. The Morgan fingerprint density at radius 3 is 1.75 bits per heavy atom. The lowest BCUT2D eigenvalue weighted by Crippen LogP contribution is -2.06. The Labute approximate surface area is 103 Å². The average molecular weight is 227 g/mol. The van der Waals surface area contributed by atoms with Crippen molar-refractivity contribution < 1.29 is 0 Å². The lowest BCUT2D eigenvalue weighted by Gasteiger charge is -2.16. The molecule has 0 spiro atoms. The fraction of sp³-hybridized carbons (Fsp3) is 1.00. The van der Waals surface area contributed by atoms with Gasteiger partial charge < -0.3 is 5.73 Å². The Morgan fingerprint density at radius 1 is 0.688 bits per heavy atom. The Balaban J connectivity index is 3.54. The van der Waals surface area contributed by atoms with Crippen LogP contribution in [-0.4, -0.2) is 6.54 Å². The maximum absolute atomic E-state index is 5.61. The highest BCUT2D eigenvalue weighted by atomic mass is 14.5. The van der Waals surface area contributed by atoms with E-state index in [1.807, 2.05) is 0 Å². The van der Waals surface area contributed by atoms with Crippen molar-refractivity contribution in [2.45, 2.75) is 84.5 Å². The van der Waals surface area contributed by atoms with Crippen molar-refractivity contribution in [1.29, 1.82) is 0 Å². The minimum Gasteiger partial charge on any atom is -0.330 e. The van der Waals surface area contributed by atoms with Crippen LogP contribution in [0.2, 0.25) is 0 Å². The van der Waals surface area contributed by atoms with Crippen LogP contribution in [-0.2, 0) is 0 Å². The van der Waals surface area contributed by atoms with Gasteiger partial charge in [0.25, 0.3) is 0 Å². The summed E-state index contributed by atoms with van der Waals surface area (Å²) < 4.78 is 0. The monoisotopic (exact) mass is 227 g/mol. The van der Waals surface area contributed by atoms with Crippen molar-refractivity contribution in [2.24, 2.45) is 11.7 Å². The summed E-state index contributed by atoms with van der Waals surface area (Å²) in [5, 5.41) is 0. The van der Waals surface area contributed by atoms with E-state index in [1.165, 1.54) is 70.6 Å². The quantitative estimate of drug-likeness (QED) is 0.472. The third-order valence-electron chi connectivity index (χ3n) is 3.50. The first kappa shape index (κ1) is 16.0. The molecular weight excluding hydrogens is 194 g/mol. The largest absolute Gasteiger partial charge is 0.330 e. The smallest absolute Gasteiger partial charge is 0.00772 e. The van der Waals surface area contributed by atoms with E-state index in [1.54, 1.807) is 0 Å². The van der Waals surface area contributed by atoms with Gasteiger partial charge in [-0.1, -0.05) is 71.6 Å². The van der Waals surface area contributed by atoms with Crippen molar-refractivity contribution in [3.05, 3.63) is 0 Å². The number of nitrogens with two attached hydrogens (primary N) is 1. The second kappa shape index (κ2) is 13.0. The van der Waals surface area contributed by atoms with Crippen LogP contribution in [0.25, 0.3) is 0 Å². The maximum Gasteiger partial charge on any atom is -0.00772 e. The van der Waals surface area contributed by atoms with Crippen molar-refractivity contribution in [2.75, 3.05) is 6.54 Å². The van der Waals surface area contributed by atoms with Gasteiger partial charge in [0.15, 0.2) is 0 Å². The fourth-order valence-corrected chi connectivity index (χ4v) is 2.38. The first-order valence-corrected chi connectivity index (χ1v) is 7.55. The minimum atomic E-state index is 0.874. The Bertz CT molecular complexity index is 123. The molecule has 0 bridgehead atoms. The molecule has 16 heavy (non-hydrogen) atoms. The van der Waals surface area contributed by atoms with Gasteiger partial charge in [-0.25, -0.2) is 0 Å². The maximum atomic E-state index is 5.61. The normalized spacial score (nSPS) is 12.9. The molecule has 0 radical (unpaired) electrons. The van der Waals surface area contributed by atoms with Crippen LogP contribution in [0, 0.1) is 5.92 Å². The number of rotatable bonds is 12. The zero-order valence-electron chi connectivity index (χ0n) is 11.6. The summed E-state index contributed by atoms with van der Waals surface area (Å²) in [6.07, 6.45) is 15.3. The van der Waals surface area contributed by atoms with E-state index >= 15 is 0 Å². The van der Waals surface area contributed by atoms with Gasteiger partial charge in [0, 0.05) is 0 Å². The molecule has 1 nitrogen and oxygen atoms in total. The molecule has 0 fully saturated rings. The highest BCUT2D eigenvalue weighted by molar-refractivity contribution is 4.61. The molecule has 0 saturated heterocycles. The van der Waals surface area contributed by atoms with Gasteiger partial charge in [-0.3, -0.25) is 0 Å². The standard InChI is InChI=1S/C15H33N/c1-3-5-7-9-12-15(13-10-14-16)11-8-6-4-2/h15H,3-14,16H2,1-2H3. The molecule has 0 aliphatic carbocycles. The molecule has 0 saturated carbocycles. The Morgan fingerprint density at radius 2 is 1.19 bits per heavy atom. The van der Waals surface area contributed by atoms with Crippen molar-refractivity contribution in [3.63, 3.8) is 0 Å². The zero-order chi connectivity index (χ0) is 12.1. The molecule has 1 unspecified atom stereocenters. The van der Waals surface area contributed by atoms with E-state index in [0.717, 1.165) is 12.5 Å². The molecule has 1 atom stereocenters. The Kier molecular flexibility index (Phi) is 13.0. The van der Waals surface area contributed by atoms with Gasteiger partial charge >= 0.3 is 0 Å². The molecule has 2 N–H and O–H groups in total. The molecule has 0 heterocycles. The number of hydrogen-bond donors (Lipinski definition) is 1. The number of hydrogen-bond acceptors (Lipinski definition) is 1. The van der Waals surface area contributed by atoms with Crippen LogP contribution < -0.4 is 5.73 Å². The zero-order valence-corrected chi connectivity index (χ0v) is 11.6. The van der Waals surface area contributed by atoms with E-state index in [-0.39, 0.29) is 0 Å². The van der Waals surface area contributed by atoms with Gasteiger partial charge in [-0.05, 0) is 25.3 Å². The molecule has 98 valence electrons. The third-order valence-corrected chi connectivity index (χ3v) is 3.50. The van der Waals surface area contributed by atoms with Crippen molar-refractivity contribution in [3.8, 4) is 0 Å². The summed E-state index contributed by atoms with van der Waals surface area (Å²) in [6, 6.07) is 0. The van der Waals surface area contributed by atoms with Gasteiger partial charge in [-0.15, -0.1) is 0 Å². The molecule has 0 rings (SSSR count). The molecule has 0 aliphatic rings. The predicted molar refractivity (Wildman–Crippen MR) is 74.7 cm³/mol. The molecule has 1 heteroatoms. The van der Waals surface area contributed by atoms with Crippen molar-refractivity contribution in [1.82, 2.24) is 0 Å². The summed E-state index contributed by atoms with van der Waals surface area (Å²) in [4.78, 5) is 0. The fourth-order valence-electron chi connectivity index (χ4n) is 2.38. The third kappa shape index (κ3) is 10.5. The average Bonchev–Trinajstić information content (AvgIpc) is 2.31. The summed E-state index contributed by atoms with van der Waals surface area (Å²) in [7, 11) is 0. The summed E-state index contributed by atoms with van der Waals surface area (Å²) in [6.45, 7) is 5.45. The lowest BCUT2D eigenvalue weighted by molar-refractivity contribution is 0.377. The minimum absolute atomic E-state index is 0.874. The van der Waals surface area contributed by atoms with Crippen LogP contribution in [0.15, 0.2) is 0 Å². The molecule has 0 aromatic rings. The second-order valence-electron chi connectivity index (χ2n) is 5.14. The first-order valence-electron chi connectivity index (χ1n) is 7.55. The molecule has 0 amide bonds. The molecule has 0 aromatic carbocycles. The molecule has 0 aromatic heterocycles. The van der Waals surface area contributed by atoms with E-state index in [2.05, 4.69) is 13.8 Å². The van der Waals surface area contributed by atoms with E-state index in [9.17, 15) is 0 Å². The highest BCUT2D eigenvalue weighted by Gasteiger charge is 2.07. The van der Waals surface area contributed by atoms with Crippen LogP contribution >= 0.6 is 0 Å². The topological polar surface area (TPSA) is 26.0 Å². The van der Waals surface area contributed by atoms with Gasteiger partial charge in [0.1, 0.15) is 0 Å². The van der Waals surface area contributed by atoms with Crippen LogP contribution in [0.1, 0.15) is 84.5 Å². The van der Waals surface area contributed by atoms with E-state index in [0.29, 0.717) is 0 Å². The lowest BCUT2D eigenvalue weighted by atomic mass is 9.91. The summed E-state index contributed by atoms with van der Waals surface area (Å²) >= 11 is 0. The SMILES string of the molecule is CCCCCCC(CCCN)CCCCC. The molecular formula is C15H33N. The predicted octanol–water partition coefficient (Wildman–Crippen LogP) is 4.89. The second-order valence-corrected chi connectivity index (χ2v) is 5.14. The summed E-state index contributed by atoms with van der Waals surface area (Å²) in [5.41, 5.74) is 5.61. The van der Waals surface area contributed by atoms with Crippen LogP contribution in [0.3, 0.4) is 0 Å². The Hall–Kier alpha value is -0.0400. The molecule has 0 aliphatic heterocycles. The van der Waals surface area contributed by atoms with Crippen LogP contribution in [0.5, 0.6) is 0 Å². The van der Waals surface area contributed by atoms with Gasteiger partial charge in [0.2, 0.25) is 0 Å². The van der Waals surface area contributed by atoms with E-state index in [4.69, 9.17) is 5.73 Å². The van der Waals surface area contributed by atoms with Gasteiger partial charge in [-0.2, -0.15) is 0 Å². The van der Waals surface area contributed by atoms with E-state index < -0.39 is 0 Å².